The zero-order valence-electron chi connectivity index (χ0n) is 7.26. The van der Waals surface area contributed by atoms with Gasteiger partial charge in [-0.15, -0.1) is 0 Å². The van der Waals surface area contributed by atoms with Crippen LogP contribution in [0.25, 0.3) is 0 Å². The summed E-state index contributed by atoms with van der Waals surface area (Å²) in [5.41, 5.74) is 0.736. The number of fused-ring (bicyclic) bond motifs is 1. The van der Waals surface area contributed by atoms with Gasteiger partial charge in [0, 0.05) is 12.8 Å². The zero-order chi connectivity index (χ0) is 10.3. The van der Waals surface area contributed by atoms with E-state index >= 15 is 0 Å². The largest absolute Gasteiger partial charge is 0.478 e. The molecule has 2 nitrogen and oxygen atoms in total. The first-order valence-electron chi connectivity index (χ1n) is 4.21. The van der Waals surface area contributed by atoms with Crippen LogP contribution in [0.15, 0.2) is 18.2 Å². The topological polar surface area (TPSA) is 37.3 Å². The van der Waals surface area contributed by atoms with Gasteiger partial charge in [0.1, 0.15) is 0 Å². The van der Waals surface area contributed by atoms with Crippen molar-refractivity contribution in [3.05, 3.63) is 34.9 Å². The lowest BCUT2D eigenvalue weighted by molar-refractivity contribution is 0.0129. The quantitative estimate of drug-likeness (QED) is 0.750. The summed E-state index contributed by atoms with van der Waals surface area (Å²) in [7, 11) is 0. The molecule has 0 aliphatic heterocycles. The molecule has 4 heteroatoms. The molecule has 0 saturated carbocycles. The first-order valence-corrected chi connectivity index (χ1v) is 4.21. The number of carboxylic acid groups (broad SMARTS) is 1. The molecule has 0 amide bonds. The summed E-state index contributed by atoms with van der Waals surface area (Å²) in [6, 6.07) is 4.43. The fourth-order valence-electron chi connectivity index (χ4n) is 1.81. The Balaban J connectivity index is 2.52. The second kappa shape index (κ2) is 2.77. The monoisotopic (exact) mass is 198 g/mol. The highest BCUT2D eigenvalue weighted by atomic mass is 19.3. The fraction of sp³-hybridized carbons (Fsp3) is 0.300. The van der Waals surface area contributed by atoms with Crippen LogP contribution >= 0.6 is 0 Å². The van der Waals surface area contributed by atoms with Gasteiger partial charge >= 0.3 is 5.97 Å². The van der Waals surface area contributed by atoms with Crippen LogP contribution in [-0.4, -0.2) is 17.0 Å². The van der Waals surface area contributed by atoms with E-state index in [9.17, 15) is 13.6 Å². The van der Waals surface area contributed by atoms with Crippen molar-refractivity contribution in [2.24, 2.45) is 0 Å². The summed E-state index contributed by atoms with van der Waals surface area (Å²) < 4.78 is 26.0. The third-order valence-electron chi connectivity index (χ3n) is 2.39. The van der Waals surface area contributed by atoms with E-state index in [1.54, 1.807) is 6.07 Å². The standard InChI is InChI=1S/C10H8F2O2/c11-10(12)4-6-2-1-3-7(9(13)14)8(6)5-10/h1-3H,4-5H2,(H,13,14). The van der Waals surface area contributed by atoms with Crippen LogP contribution in [0.2, 0.25) is 0 Å². The Kier molecular flexibility index (Phi) is 1.80. The van der Waals surface area contributed by atoms with Gasteiger partial charge in [0.15, 0.2) is 0 Å². The molecule has 14 heavy (non-hydrogen) atoms. The molecule has 1 N–H and O–H groups in total. The molecule has 1 aromatic rings. The number of hydrogen-bond acceptors (Lipinski definition) is 1. The van der Waals surface area contributed by atoms with Crippen molar-refractivity contribution in [2.75, 3.05) is 0 Å². The normalized spacial score (nSPS) is 17.9. The van der Waals surface area contributed by atoms with E-state index < -0.39 is 18.3 Å². The van der Waals surface area contributed by atoms with Crippen molar-refractivity contribution < 1.29 is 18.7 Å². The summed E-state index contributed by atoms with van der Waals surface area (Å²) in [5.74, 6) is -3.92. The lowest BCUT2D eigenvalue weighted by Gasteiger charge is -2.05. The van der Waals surface area contributed by atoms with Gasteiger partial charge in [0.2, 0.25) is 0 Å². The Bertz CT molecular complexity index is 399. The molecule has 1 aromatic carbocycles. The Morgan fingerprint density at radius 3 is 2.71 bits per heavy atom. The van der Waals surface area contributed by atoms with Crippen molar-refractivity contribution in [3.63, 3.8) is 0 Å². The molecule has 0 spiro atoms. The first kappa shape index (κ1) is 9.12. The Labute approximate surface area is 79.2 Å². The van der Waals surface area contributed by atoms with E-state index in [4.69, 9.17) is 5.11 Å². The van der Waals surface area contributed by atoms with Gasteiger partial charge in [-0.05, 0) is 17.2 Å². The van der Waals surface area contributed by atoms with Crippen molar-refractivity contribution in [2.45, 2.75) is 18.8 Å². The lowest BCUT2D eigenvalue weighted by Crippen LogP contribution is -2.15. The Morgan fingerprint density at radius 1 is 1.36 bits per heavy atom. The minimum Gasteiger partial charge on any atom is -0.478 e. The van der Waals surface area contributed by atoms with Gasteiger partial charge in [-0.2, -0.15) is 0 Å². The summed E-state index contributed by atoms with van der Waals surface area (Å²) in [4.78, 5) is 10.7. The third kappa shape index (κ3) is 1.36. The number of carboxylic acids is 1. The third-order valence-corrected chi connectivity index (χ3v) is 2.39. The average Bonchev–Trinajstić information content (AvgIpc) is 2.36. The predicted molar refractivity (Wildman–Crippen MR) is 45.8 cm³/mol. The van der Waals surface area contributed by atoms with Gasteiger partial charge in [0.25, 0.3) is 5.92 Å². The SMILES string of the molecule is O=C(O)c1cccc2c1CC(F)(F)C2. The molecule has 2 rings (SSSR count). The highest BCUT2D eigenvalue weighted by Crippen LogP contribution is 2.35. The van der Waals surface area contributed by atoms with E-state index in [2.05, 4.69) is 0 Å². The van der Waals surface area contributed by atoms with Crippen LogP contribution in [0.5, 0.6) is 0 Å². The van der Waals surface area contributed by atoms with Crippen LogP contribution in [0.3, 0.4) is 0 Å². The first-order chi connectivity index (χ1) is 6.49. The van der Waals surface area contributed by atoms with E-state index in [-0.39, 0.29) is 17.5 Å². The van der Waals surface area contributed by atoms with E-state index in [0.29, 0.717) is 5.56 Å². The number of alkyl halides is 2. The number of carbonyl (C=O) groups is 1. The van der Waals surface area contributed by atoms with Crippen LogP contribution in [0.4, 0.5) is 8.78 Å². The molecular weight excluding hydrogens is 190 g/mol. The van der Waals surface area contributed by atoms with Gasteiger partial charge < -0.3 is 5.11 Å². The van der Waals surface area contributed by atoms with Crippen LogP contribution in [0, 0.1) is 0 Å². The zero-order valence-corrected chi connectivity index (χ0v) is 7.26. The predicted octanol–water partition coefficient (Wildman–Crippen LogP) is 2.12. The highest BCUT2D eigenvalue weighted by Gasteiger charge is 2.39. The molecule has 0 radical (unpaired) electrons. The highest BCUT2D eigenvalue weighted by molar-refractivity contribution is 5.90. The van der Waals surface area contributed by atoms with E-state index in [1.165, 1.54) is 12.1 Å². The molecule has 0 atom stereocenters. The maximum Gasteiger partial charge on any atom is 0.335 e. The molecule has 74 valence electrons. The molecule has 0 fully saturated rings. The van der Waals surface area contributed by atoms with Crippen molar-refractivity contribution in [1.29, 1.82) is 0 Å². The molecule has 0 heterocycles. The summed E-state index contributed by atoms with van der Waals surface area (Å²) >= 11 is 0. The number of rotatable bonds is 1. The molecular formula is C10H8F2O2. The second-order valence-corrected chi connectivity index (χ2v) is 3.46. The lowest BCUT2D eigenvalue weighted by atomic mass is 10.0. The van der Waals surface area contributed by atoms with Gasteiger partial charge in [-0.1, -0.05) is 12.1 Å². The number of hydrogen-bond donors (Lipinski definition) is 1. The molecule has 0 aromatic heterocycles. The average molecular weight is 198 g/mol. The van der Waals surface area contributed by atoms with Gasteiger partial charge in [-0.3, -0.25) is 0 Å². The van der Waals surface area contributed by atoms with Crippen molar-refractivity contribution >= 4 is 5.97 Å². The summed E-state index contributed by atoms with van der Waals surface area (Å²) in [5, 5.41) is 8.77. The van der Waals surface area contributed by atoms with Crippen LogP contribution in [-0.2, 0) is 12.8 Å². The number of aromatic carboxylic acids is 1. The van der Waals surface area contributed by atoms with Crippen molar-refractivity contribution in [1.82, 2.24) is 0 Å². The van der Waals surface area contributed by atoms with Gasteiger partial charge in [-0.25, -0.2) is 13.6 Å². The van der Waals surface area contributed by atoms with E-state index in [0.717, 1.165) is 0 Å². The minimum atomic E-state index is -2.78. The molecule has 0 bridgehead atoms. The molecule has 1 aliphatic carbocycles. The van der Waals surface area contributed by atoms with Crippen LogP contribution < -0.4 is 0 Å². The number of halogens is 2. The van der Waals surface area contributed by atoms with Crippen LogP contribution in [0.1, 0.15) is 21.5 Å². The summed E-state index contributed by atoms with van der Waals surface area (Å²) in [6.07, 6.45) is -0.797. The maximum atomic E-state index is 13.0. The fourth-order valence-corrected chi connectivity index (χ4v) is 1.81. The summed E-state index contributed by atoms with van der Waals surface area (Å²) in [6.45, 7) is 0. The molecule has 1 aliphatic rings. The van der Waals surface area contributed by atoms with E-state index in [1.807, 2.05) is 0 Å². The smallest absolute Gasteiger partial charge is 0.335 e. The van der Waals surface area contributed by atoms with Gasteiger partial charge in [0.05, 0.1) is 5.56 Å². The second-order valence-electron chi connectivity index (χ2n) is 3.46. The minimum absolute atomic E-state index is 0.000301. The number of benzene rings is 1. The maximum absolute atomic E-state index is 13.0. The molecule has 0 saturated heterocycles. The molecule has 0 unspecified atom stereocenters. The van der Waals surface area contributed by atoms with Crippen molar-refractivity contribution in [3.8, 4) is 0 Å². The Morgan fingerprint density at radius 2 is 2.07 bits per heavy atom. The Hall–Kier alpha value is -1.45.